The average molecular weight is 227 g/mol. The van der Waals surface area contributed by atoms with E-state index in [-0.39, 0.29) is 17.6 Å². The van der Waals surface area contributed by atoms with Gasteiger partial charge in [0.05, 0.1) is 7.11 Å². The van der Waals surface area contributed by atoms with Gasteiger partial charge in [-0.05, 0) is 19.3 Å². The predicted molar refractivity (Wildman–Crippen MR) is 56.6 cm³/mol. The zero-order valence-corrected chi connectivity index (χ0v) is 9.62. The van der Waals surface area contributed by atoms with Crippen molar-refractivity contribution in [3.05, 3.63) is 0 Å². The van der Waals surface area contributed by atoms with Gasteiger partial charge in [0.1, 0.15) is 11.8 Å². The number of rotatable bonds is 4. The maximum Gasteiger partial charge on any atom is 0.328 e. The molecule has 0 aliphatic heterocycles. The van der Waals surface area contributed by atoms with E-state index in [1.54, 1.807) is 0 Å². The molecule has 0 radical (unpaired) electrons. The summed E-state index contributed by atoms with van der Waals surface area (Å²) in [4.78, 5) is 33.8. The van der Waals surface area contributed by atoms with Crippen molar-refractivity contribution in [2.24, 2.45) is 5.92 Å². The number of hydrogen-bond donors (Lipinski definition) is 1. The van der Waals surface area contributed by atoms with E-state index in [9.17, 15) is 14.4 Å². The fourth-order valence-electron chi connectivity index (χ4n) is 2.02. The van der Waals surface area contributed by atoms with Crippen molar-refractivity contribution in [2.45, 2.75) is 38.6 Å². The Bertz CT molecular complexity index is 300. The van der Waals surface area contributed by atoms with E-state index in [1.807, 2.05) is 0 Å². The lowest BCUT2D eigenvalue weighted by molar-refractivity contribution is -0.145. The summed E-state index contributed by atoms with van der Waals surface area (Å²) in [5.41, 5.74) is 0. The number of esters is 1. The number of Topliss-reactive ketones (excluding diaryl/α,β-unsaturated/α-hetero) is 1. The molecule has 0 heterocycles. The minimum absolute atomic E-state index is 0.115. The first-order valence-electron chi connectivity index (χ1n) is 5.42. The zero-order chi connectivity index (χ0) is 12.1. The van der Waals surface area contributed by atoms with Crippen LogP contribution in [0, 0.1) is 5.92 Å². The average Bonchev–Trinajstić information content (AvgIpc) is 2.61. The van der Waals surface area contributed by atoms with Crippen LogP contribution in [0.25, 0.3) is 0 Å². The molecule has 1 aliphatic carbocycles. The Kier molecular flexibility index (Phi) is 4.46. The first-order valence-corrected chi connectivity index (χ1v) is 5.42. The summed E-state index contributed by atoms with van der Waals surface area (Å²) in [6.07, 6.45) is 2.60. The number of ether oxygens (including phenoxy) is 1. The van der Waals surface area contributed by atoms with Crippen LogP contribution >= 0.6 is 0 Å². The molecule has 5 heteroatoms. The molecule has 1 amide bonds. The Labute approximate surface area is 94.5 Å². The third-order valence-electron chi connectivity index (χ3n) is 2.81. The SMILES string of the molecule is COC(=O)[C@@H](C[C@H]1CCCC1=O)NC(C)=O. The number of amides is 1. The van der Waals surface area contributed by atoms with E-state index in [0.717, 1.165) is 12.8 Å². The van der Waals surface area contributed by atoms with Crippen molar-refractivity contribution < 1.29 is 19.1 Å². The Morgan fingerprint density at radius 2 is 2.25 bits per heavy atom. The molecule has 0 saturated heterocycles. The predicted octanol–water partition coefficient (Wildman–Crippen LogP) is 0.423. The van der Waals surface area contributed by atoms with E-state index in [2.05, 4.69) is 10.1 Å². The van der Waals surface area contributed by atoms with Crippen molar-refractivity contribution in [1.29, 1.82) is 0 Å². The fraction of sp³-hybridized carbons (Fsp3) is 0.727. The summed E-state index contributed by atoms with van der Waals surface area (Å²) in [7, 11) is 1.27. The van der Waals surface area contributed by atoms with Crippen molar-refractivity contribution in [3.63, 3.8) is 0 Å². The standard InChI is InChI=1S/C11H17NO4/c1-7(13)12-9(11(15)16-2)6-8-4-3-5-10(8)14/h8-9H,3-6H2,1-2H3,(H,12,13)/t8-,9-/m1/s1. The minimum atomic E-state index is -0.699. The third kappa shape index (κ3) is 3.32. The fourth-order valence-corrected chi connectivity index (χ4v) is 2.02. The number of hydrogen-bond acceptors (Lipinski definition) is 4. The summed E-state index contributed by atoms with van der Waals surface area (Å²) in [6.45, 7) is 1.34. The van der Waals surface area contributed by atoms with E-state index >= 15 is 0 Å². The van der Waals surface area contributed by atoms with Crippen molar-refractivity contribution in [1.82, 2.24) is 5.32 Å². The van der Waals surface area contributed by atoms with Crippen molar-refractivity contribution in [3.8, 4) is 0 Å². The van der Waals surface area contributed by atoms with Crippen LogP contribution in [0.4, 0.5) is 0 Å². The van der Waals surface area contributed by atoms with Gasteiger partial charge in [0, 0.05) is 19.3 Å². The highest BCUT2D eigenvalue weighted by atomic mass is 16.5. The van der Waals surface area contributed by atoms with Crippen molar-refractivity contribution >= 4 is 17.7 Å². The van der Waals surface area contributed by atoms with Crippen LogP contribution in [0.2, 0.25) is 0 Å². The van der Waals surface area contributed by atoms with Gasteiger partial charge in [-0.1, -0.05) is 0 Å². The molecule has 90 valence electrons. The van der Waals surface area contributed by atoms with Crippen LogP contribution in [-0.2, 0) is 19.1 Å². The smallest absolute Gasteiger partial charge is 0.328 e. The van der Waals surface area contributed by atoms with E-state index in [1.165, 1.54) is 14.0 Å². The van der Waals surface area contributed by atoms with Crippen LogP contribution in [0.5, 0.6) is 0 Å². The third-order valence-corrected chi connectivity index (χ3v) is 2.81. The minimum Gasteiger partial charge on any atom is -0.467 e. The van der Waals surface area contributed by atoms with E-state index in [0.29, 0.717) is 12.8 Å². The van der Waals surface area contributed by atoms with E-state index in [4.69, 9.17) is 0 Å². The largest absolute Gasteiger partial charge is 0.467 e. The van der Waals surface area contributed by atoms with Gasteiger partial charge in [0.2, 0.25) is 5.91 Å². The van der Waals surface area contributed by atoms with Crippen LogP contribution in [-0.4, -0.2) is 30.8 Å². The Morgan fingerprint density at radius 1 is 1.56 bits per heavy atom. The molecule has 1 fully saturated rings. The molecule has 0 unspecified atom stereocenters. The molecule has 2 atom stereocenters. The number of carbonyl (C=O) groups excluding carboxylic acids is 3. The van der Waals surface area contributed by atoms with Gasteiger partial charge in [-0.2, -0.15) is 0 Å². The summed E-state index contributed by atoms with van der Waals surface area (Å²) < 4.78 is 4.59. The summed E-state index contributed by atoms with van der Waals surface area (Å²) >= 11 is 0. The Hall–Kier alpha value is -1.39. The van der Waals surface area contributed by atoms with Crippen molar-refractivity contribution in [2.75, 3.05) is 7.11 Å². The molecular weight excluding hydrogens is 210 g/mol. The highest BCUT2D eigenvalue weighted by molar-refractivity contribution is 5.86. The molecule has 1 aliphatic rings. The number of nitrogens with one attached hydrogen (secondary N) is 1. The summed E-state index contributed by atoms with van der Waals surface area (Å²) in [5.74, 6) is -0.717. The normalized spacial score (nSPS) is 21.6. The topological polar surface area (TPSA) is 72.5 Å². The molecule has 0 bridgehead atoms. The second kappa shape index (κ2) is 5.63. The highest BCUT2D eigenvalue weighted by Gasteiger charge is 2.31. The number of carbonyl (C=O) groups is 3. The molecule has 0 spiro atoms. The zero-order valence-electron chi connectivity index (χ0n) is 9.62. The molecule has 0 aromatic rings. The molecule has 16 heavy (non-hydrogen) atoms. The number of methoxy groups -OCH3 is 1. The highest BCUT2D eigenvalue weighted by Crippen LogP contribution is 2.25. The summed E-state index contributed by atoms with van der Waals surface area (Å²) in [6, 6.07) is -0.699. The van der Waals surface area contributed by atoms with Crippen LogP contribution < -0.4 is 5.32 Å². The van der Waals surface area contributed by atoms with Gasteiger partial charge in [-0.3, -0.25) is 9.59 Å². The van der Waals surface area contributed by atoms with Gasteiger partial charge < -0.3 is 10.1 Å². The first-order chi connectivity index (χ1) is 7.54. The quantitative estimate of drug-likeness (QED) is 0.707. The monoisotopic (exact) mass is 227 g/mol. The Morgan fingerprint density at radius 3 is 2.69 bits per heavy atom. The van der Waals surface area contributed by atoms with Crippen LogP contribution in [0.3, 0.4) is 0 Å². The molecule has 0 aromatic carbocycles. The number of ketones is 1. The lowest BCUT2D eigenvalue weighted by atomic mass is 9.97. The molecule has 5 nitrogen and oxygen atoms in total. The molecule has 1 N–H and O–H groups in total. The van der Waals surface area contributed by atoms with Gasteiger partial charge in [0.15, 0.2) is 0 Å². The second-order valence-corrected chi connectivity index (χ2v) is 4.07. The van der Waals surface area contributed by atoms with Gasteiger partial charge >= 0.3 is 5.97 Å². The molecule has 1 saturated carbocycles. The first kappa shape index (κ1) is 12.7. The van der Waals surface area contributed by atoms with Gasteiger partial charge in [-0.25, -0.2) is 4.79 Å². The summed E-state index contributed by atoms with van der Waals surface area (Å²) in [5, 5.41) is 2.51. The lowest BCUT2D eigenvalue weighted by Crippen LogP contribution is -2.42. The second-order valence-electron chi connectivity index (χ2n) is 4.07. The maximum absolute atomic E-state index is 11.4. The van der Waals surface area contributed by atoms with Crippen LogP contribution in [0.15, 0.2) is 0 Å². The van der Waals surface area contributed by atoms with Gasteiger partial charge in [0.25, 0.3) is 0 Å². The lowest BCUT2D eigenvalue weighted by Gasteiger charge is -2.18. The van der Waals surface area contributed by atoms with E-state index < -0.39 is 12.0 Å². The maximum atomic E-state index is 11.4. The molecule has 1 rings (SSSR count). The van der Waals surface area contributed by atoms with Crippen LogP contribution in [0.1, 0.15) is 32.6 Å². The molecule has 0 aromatic heterocycles. The Balaban J connectivity index is 2.58. The molecular formula is C11H17NO4. The van der Waals surface area contributed by atoms with Gasteiger partial charge in [-0.15, -0.1) is 0 Å².